The summed E-state index contributed by atoms with van der Waals surface area (Å²) < 4.78 is 10.6. The number of carbonyl (C=O) groups excluding carboxylic acids is 1. The van der Waals surface area contributed by atoms with E-state index in [9.17, 15) is 4.79 Å². The zero-order valence-electron chi connectivity index (χ0n) is 29.3. The van der Waals surface area contributed by atoms with Crippen molar-refractivity contribution in [2.45, 2.75) is 213 Å². The van der Waals surface area contributed by atoms with Crippen LogP contribution in [0, 0.1) is 5.92 Å². The molecule has 0 aliphatic rings. The number of hydrogen-bond acceptors (Lipinski definition) is 3. The maximum atomic E-state index is 12.7. The summed E-state index contributed by atoms with van der Waals surface area (Å²) in [6.07, 6.45) is 41.4. The topological polar surface area (TPSA) is 35.5 Å². The van der Waals surface area contributed by atoms with Crippen molar-refractivity contribution >= 4 is 5.78 Å². The molecule has 252 valence electrons. The van der Waals surface area contributed by atoms with Gasteiger partial charge in [0.1, 0.15) is 5.78 Å². The summed E-state index contributed by atoms with van der Waals surface area (Å²) in [6, 6.07) is 0. The van der Waals surface area contributed by atoms with E-state index in [1.807, 2.05) is 0 Å². The third-order valence-corrected chi connectivity index (χ3v) is 9.12. The Bertz CT molecular complexity index is 476. The van der Waals surface area contributed by atoms with Gasteiger partial charge in [-0.05, 0) is 12.3 Å². The van der Waals surface area contributed by atoms with Crippen molar-refractivity contribution < 1.29 is 14.3 Å². The molecule has 42 heavy (non-hydrogen) atoms. The largest absolute Gasteiger partial charge is 0.382 e. The van der Waals surface area contributed by atoms with E-state index in [4.69, 9.17) is 9.47 Å². The van der Waals surface area contributed by atoms with Gasteiger partial charge in [0.05, 0.1) is 13.2 Å². The fourth-order valence-corrected chi connectivity index (χ4v) is 6.29. The number of carbonyl (C=O) groups is 1. The van der Waals surface area contributed by atoms with Crippen LogP contribution in [0.5, 0.6) is 0 Å². The summed E-state index contributed by atoms with van der Waals surface area (Å²) in [5.74, 6) is 1.06. The summed E-state index contributed by atoms with van der Waals surface area (Å²) in [5, 5.41) is 0. The highest BCUT2D eigenvalue weighted by Gasteiger charge is 2.14. The molecule has 0 aromatic heterocycles. The molecule has 0 rings (SSSR count). The molecule has 0 unspecified atom stereocenters. The van der Waals surface area contributed by atoms with Crippen LogP contribution in [0.1, 0.15) is 213 Å². The van der Waals surface area contributed by atoms with Crippen molar-refractivity contribution in [3.05, 3.63) is 0 Å². The molecule has 0 saturated carbocycles. The predicted molar refractivity (Wildman–Crippen MR) is 186 cm³/mol. The first kappa shape index (κ1) is 41.6. The molecule has 0 N–H and O–H groups in total. The van der Waals surface area contributed by atoms with Crippen LogP contribution in [-0.2, 0) is 14.3 Å². The van der Waals surface area contributed by atoms with Crippen LogP contribution in [0.4, 0.5) is 0 Å². The lowest BCUT2D eigenvalue weighted by atomic mass is 9.89. The normalized spacial score (nSPS) is 11.6. The lowest BCUT2D eigenvalue weighted by Gasteiger charge is -2.16. The summed E-state index contributed by atoms with van der Waals surface area (Å²) in [5.41, 5.74) is 0. The van der Waals surface area contributed by atoms with E-state index >= 15 is 0 Å². The second-order valence-electron chi connectivity index (χ2n) is 13.4. The minimum Gasteiger partial charge on any atom is -0.382 e. The molecular weight excluding hydrogens is 516 g/mol. The number of ether oxygens (including phenoxy) is 2. The van der Waals surface area contributed by atoms with Gasteiger partial charge in [0.15, 0.2) is 0 Å². The molecule has 0 aromatic rings. The van der Waals surface area contributed by atoms with E-state index in [2.05, 4.69) is 13.8 Å². The van der Waals surface area contributed by atoms with Gasteiger partial charge in [-0.2, -0.15) is 0 Å². The third-order valence-electron chi connectivity index (χ3n) is 9.12. The van der Waals surface area contributed by atoms with Crippen molar-refractivity contribution in [1.29, 1.82) is 0 Å². The van der Waals surface area contributed by atoms with Crippen molar-refractivity contribution in [3.63, 3.8) is 0 Å². The molecule has 0 spiro atoms. The molecular formula is C39H78O3. The third kappa shape index (κ3) is 34.1. The predicted octanol–water partition coefficient (Wildman–Crippen LogP) is 13.0. The van der Waals surface area contributed by atoms with Gasteiger partial charge in [-0.3, -0.25) is 4.79 Å². The van der Waals surface area contributed by atoms with Crippen LogP contribution in [-0.4, -0.2) is 32.7 Å². The van der Waals surface area contributed by atoms with Crippen LogP contribution < -0.4 is 0 Å². The van der Waals surface area contributed by atoms with Crippen LogP contribution >= 0.6 is 0 Å². The quantitative estimate of drug-likeness (QED) is 0.0671. The van der Waals surface area contributed by atoms with Gasteiger partial charge in [0.2, 0.25) is 0 Å². The van der Waals surface area contributed by atoms with E-state index < -0.39 is 0 Å². The lowest BCUT2D eigenvalue weighted by Crippen LogP contribution is -2.11. The number of ketones is 1. The first-order chi connectivity index (χ1) is 20.7. The molecule has 0 fully saturated rings. The number of unbranched alkanes of at least 4 members (excludes halogenated alkanes) is 24. The van der Waals surface area contributed by atoms with Crippen molar-refractivity contribution in [2.24, 2.45) is 5.92 Å². The maximum absolute atomic E-state index is 12.7. The lowest BCUT2D eigenvalue weighted by molar-refractivity contribution is -0.120. The Kier molecular flexibility index (Phi) is 36.4. The minimum atomic E-state index is 0.458. The van der Waals surface area contributed by atoms with E-state index in [0.29, 0.717) is 37.9 Å². The van der Waals surface area contributed by atoms with Crippen molar-refractivity contribution in [2.75, 3.05) is 26.9 Å². The molecule has 0 aliphatic heterocycles. The molecule has 0 bridgehead atoms. The molecule has 0 heterocycles. The Hall–Kier alpha value is -0.410. The monoisotopic (exact) mass is 595 g/mol. The van der Waals surface area contributed by atoms with E-state index in [-0.39, 0.29) is 0 Å². The van der Waals surface area contributed by atoms with E-state index in [1.165, 1.54) is 180 Å². The zero-order valence-corrected chi connectivity index (χ0v) is 29.3. The molecule has 3 heteroatoms. The summed E-state index contributed by atoms with van der Waals surface area (Å²) in [6.45, 7) is 6.53. The summed E-state index contributed by atoms with van der Waals surface area (Å²) >= 11 is 0. The number of Topliss-reactive ketones (excluding diaryl/α,β-unsaturated/α-hetero) is 1. The highest BCUT2D eigenvalue weighted by Crippen LogP contribution is 2.24. The molecule has 0 amide bonds. The number of rotatable bonds is 37. The van der Waals surface area contributed by atoms with Gasteiger partial charge in [-0.15, -0.1) is 0 Å². The van der Waals surface area contributed by atoms with Gasteiger partial charge in [0.25, 0.3) is 0 Å². The molecule has 0 radical (unpaired) electrons. The smallest absolute Gasteiger partial charge is 0.133 e. The highest BCUT2D eigenvalue weighted by molar-refractivity contribution is 5.78. The standard InChI is InChI=1S/C39H78O3/c1-4-6-8-10-12-14-16-18-20-22-24-26-28-31-38(37-39(40)33-30-34-42-36-35-41-3)32-29-27-25-23-21-19-17-15-13-11-9-7-5-2/h38H,4-37H2,1-3H3. The van der Waals surface area contributed by atoms with E-state index in [0.717, 1.165) is 12.8 Å². The number of hydrogen-bond donors (Lipinski definition) is 0. The second kappa shape index (κ2) is 36.8. The SMILES string of the molecule is CCCCCCCCCCCCCCCC(CCCCCCCCCCCCCCC)CC(=O)CCCOCCOC. The molecule has 0 saturated heterocycles. The molecule has 0 atom stereocenters. The maximum Gasteiger partial charge on any atom is 0.133 e. The molecule has 3 nitrogen and oxygen atoms in total. The zero-order chi connectivity index (χ0) is 30.6. The molecule has 0 aromatic carbocycles. The Morgan fingerprint density at radius 2 is 0.810 bits per heavy atom. The first-order valence-electron chi connectivity index (χ1n) is 19.3. The average molecular weight is 595 g/mol. The Balaban J connectivity index is 3.98. The van der Waals surface area contributed by atoms with Crippen LogP contribution in [0.15, 0.2) is 0 Å². The minimum absolute atomic E-state index is 0.458. The Morgan fingerprint density at radius 1 is 0.452 bits per heavy atom. The second-order valence-corrected chi connectivity index (χ2v) is 13.4. The van der Waals surface area contributed by atoms with Gasteiger partial charge in [-0.25, -0.2) is 0 Å². The Labute approximate surface area is 265 Å². The van der Waals surface area contributed by atoms with E-state index in [1.54, 1.807) is 7.11 Å². The van der Waals surface area contributed by atoms with Crippen LogP contribution in [0.25, 0.3) is 0 Å². The van der Waals surface area contributed by atoms with Crippen LogP contribution in [0.3, 0.4) is 0 Å². The van der Waals surface area contributed by atoms with Crippen molar-refractivity contribution in [1.82, 2.24) is 0 Å². The summed E-state index contributed by atoms with van der Waals surface area (Å²) in [4.78, 5) is 12.7. The van der Waals surface area contributed by atoms with Crippen molar-refractivity contribution in [3.8, 4) is 0 Å². The van der Waals surface area contributed by atoms with Gasteiger partial charge in [0, 0.05) is 26.6 Å². The molecule has 0 aliphatic carbocycles. The highest BCUT2D eigenvalue weighted by atomic mass is 16.5. The van der Waals surface area contributed by atoms with Gasteiger partial charge >= 0.3 is 0 Å². The number of methoxy groups -OCH3 is 1. The fourth-order valence-electron chi connectivity index (χ4n) is 6.29. The fraction of sp³-hybridized carbons (Fsp3) is 0.974. The van der Waals surface area contributed by atoms with Crippen LogP contribution in [0.2, 0.25) is 0 Å². The van der Waals surface area contributed by atoms with Gasteiger partial charge in [-0.1, -0.05) is 194 Å². The first-order valence-corrected chi connectivity index (χ1v) is 19.3. The Morgan fingerprint density at radius 3 is 1.17 bits per heavy atom. The summed E-state index contributed by atoms with van der Waals surface area (Å²) in [7, 11) is 1.70. The average Bonchev–Trinajstić information content (AvgIpc) is 2.99. The van der Waals surface area contributed by atoms with Gasteiger partial charge < -0.3 is 9.47 Å².